The van der Waals surface area contributed by atoms with Gasteiger partial charge >= 0.3 is 5.69 Å². The minimum atomic E-state index is -0.525. The van der Waals surface area contributed by atoms with Gasteiger partial charge in [-0.05, 0) is 0 Å². The Bertz CT molecular complexity index is 175. The summed E-state index contributed by atoms with van der Waals surface area (Å²) in [7, 11) is 0. The lowest BCUT2D eigenvalue weighted by molar-refractivity contribution is 0.807. The van der Waals surface area contributed by atoms with Crippen molar-refractivity contribution in [3.8, 4) is 0 Å². The van der Waals surface area contributed by atoms with Gasteiger partial charge in [-0.3, -0.25) is 0 Å². The number of nitrogens with one attached hydrogen (secondary N) is 1. The molecule has 1 heterocycles. The van der Waals surface area contributed by atoms with E-state index in [4.69, 9.17) is 0 Å². The highest BCUT2D eigenvalue weighted by Crippen LogP contribution is 1.41. The van der Waals surface area contributed by atoms with Crippen molar-refractivity contribution in [1.82, 2.24) is 20.4 Å². The molecule has 1 rings (SSSR count). The molecule has 0 aromatic carbocycles. The van der Waals surface area contributed by atoms with Gasteiger partial charge in [0, 0.05) is 0 Å². The van der Waals surface area contributed by atoms with Gasteiger partial charge in [-0.15, -0.1) is 5.10 Å². The highest BCUT2D eigenvalue weighted by Gasteiger charge is 1.73. The smallest absolute Gasteiger partial charge is 0.243 e. The molecule has 0 spiro atoms. The molecule has 0 aliphatic heterocycles. The maximum Gasteiger partial charge on any atom is 0.380 e. The molecule has 0 unspecified atom stereocenters. The molecule has 0 bridgehead atoms. The molecule has 36 valence electrons. The molecule has 0 aliphatic rings. The summed E-state index contributed by atoms with van der Waals surface area (Å²) in [4.78, 5) is 9.98. The maximum absolute atomic E-state index is 9.98. The quantitative estimate of drug-likeness (QED) is 0.431. The summed E-state index contributed by atoms with van der Waals surface area (Å²) < 4.78 is 0. The van der Waals surface area contributed by atoms with Crippen molar-refractivity contribution in [2.45, 2.75) is 0 Å². The van der Waals surface area contributed by atoms with Crippen molar-refractivity contribution in [3.05, 3.63) is 16.8 Å². The van der Waals surface area contributed by atoms with E-state index >= 15 is 0 Å². The second-order valence-corrected chi connectivity index (χ2v) is 0.877. The van der Waals surface area contributed by atoms with Crippen LogP contribution >= 0.6 is 0 Å². The van der Waals surface area contributed by atoms with Crippen LogP contribution in [0.4, 0.5) is 0 Å². The van der Waals surface area contributed by atoms with E-state index in [2.05, 4.69) is 20.4 Å². The summed E-state index contributed by atoms with van der Waals surface area (Å²) in [6.07, 6.45) is 1.15. The lowest BCUT2D eigenvalue weighted by Gasteiger charge is -1.71. The van der Waals surface area contributed by atoms with Gasteiger partial charge < -0.3 is 0 Å². The Morgan fingerprint density at radius 2 is 2.57 bits per heavy atom. The molecule has 0 aliphatic carbocycles. The van der Waals surface area contributed by atoms with Crippen molar-refractivity contribution in [2.75, 3.05) is 0 Å². The maximum atomic E-state index is 9.98. The molecular formula is C2H2N4O. The Balaban J connectivity index is 3.28. The Labute approximate surface area is 38.4 Å². The summed E-state index contributed by atoms with van der Waals surface area (Å²) in [5.74, 6) is 0. The molecule has 5 nitrogen and oxygen atoms in total. The number of rotatable bonds is 0. The fraction of sp³-hybridized carbons (Fsp3) is 0. The van der Waals surface area contributed by atoms with Gasteiger partial charge in [-0.25, -0.2) is 9.89 Å². The number of nitrogens with zero attached hydrogens (tertiary/aromatic N) is 3. The molecular weight excluding hydrogens is 96.0 g/mol. The predicted molar refractivity (Wildman–Crippen MR) is 20.4 cm³/mol. The molecule has 0 saturated heterocycles. The van der Waals surface area contributed by atoms with Crippen molar-refractivity contribution < 1.29 is 0 Å². The molecule has 0 saturated carbocycles. The zero-order valence-electron chi connectivity index (χ0n) is 3.33. The van der Waals surface area contributed by atoms with Crippen LogP contribution in [0.2, 0.25) is 0 Å². The van der Waals surface area contributed by atoms with Crippen LogP contribution in [0.15, 0.2) is 11.1 Å². The van der Waals surface area contributed by atoms with Crippen molar-refractivity contribution in [3.63, 3.8) is 0 Å². The first-order chi connectivity index (χ1) is 3.39. The number of aromatic amines is 1. The zero-order chi connectivity index (χ0) is 5.11. The molecule has 1 aromatic rings. The molecule has 1 aromatic heterocycles. The van der Waals surface area contributed by atoms with E-state index in [1.807, 2.05) is 0 Å². The Morgan fingerprint density at radius 1 is 1.71 bits per heavy atom. The molecule has 0 amide bonds. The molecule has 0 radical (unpaired) electrons. The first-order valence-corrected chi connectivity index (χ1v) is 1.62. The highest BCUT2D eigenvalue weighted by molar-refractivity contribution is 4.41. The predicted octanol–water partition coefficient (Wildman–Crippen LogP) is -1.44. The van der Waals surface area contributed by atoms with Gasteiger partial charge in [0.05, 0.1) is 0 Å². The summed E-state index contributed by atoms with van der Waals surface area (Å²) >= 11 is 0. The van der Waals surface area contributed by atoms with E-state index in [1.54, 1.807) is 0 Å². The summed E-state index contributed by atoms with van der Waals surface area (Å²) in [5, 5.41) is 11.6. The topological polar surface area (TPSA) is 71.5 Å². The molecule has 0 fully saturated rings. The van der Waals surface area contributed by atoms with E-state index < -0.39 is 5.69 Å². The van der Waals surface area contributed by atoms with Crippen molar-refractivity contribution in [2.24, 2.45) is 0 Å². The number of hydrogen-bond acceptors (Lipinski definition) is 4. The SMILES string of the molecule is O=c1nncn[nH]1. The van der Waals surface area contributed by atoms with Crippen LogP contribution in [0, 0.1) is 0 Å². The van der Waals surface area contributed by atoms with E-state index in [0.29, 0.717) is 0 Å². The van der Waals surface area contributed by atoms with Crippen LogP contribution in [-0.2, 0) is 0 Å². The van der Waals surface area contributed by atoms with E-state index in [1.165, 1.54) is 0 Å². The van der Waals surface area contributed by atoms with Gasteiger partial charge in [0.25, 0.3) is 0 Å². The lowest BCUT2D eigenvalue weighted by Crippen LogP contribution is -2.11. The van der Waals surface area contributed by atoms with Gasteiger partial charge in [0.1, 0.15) is 0 Å². The van der Waals surface area contributed by atoms with Crippen LogP contribution < -0.4 is 5.69 Å². The second kappa shape index (κ2) is 1.46. The van der Waals surface area contributed by atoms with E-state index in [9.17, 15) is 4.79 Å². The number of aromatic nitrogens is 4. The zero-order valence-corrected chi connectivity index (χ0v) is 3.33. The molecule has 7 heavy (non-hydrogen) atoms. The molecule has 5 heteroatoms. The standard InChI is InChI=1S/C2H2N4O/c7-2-5-3-1-4-6-2/h1H,(H,5,6,7). The normalized spacial score (nSPS) is 8.57. The number of hydrogen-bond donors (Lipinski definition) is 1. The molecule has 0 atom stereocenters. The van der Waals surface area contributed by atoms with E-state index in [-0.39, 0.29) is 0 Å². The average molecular weight is 98.1 g/mol. The summed E-state index contributed by atoms with van der Waals surface area (Å²) in [6, 6.07) is 0. The fourth-order valence-electron chi connectivity index (χ4n) is 0.211. The third-order valence-electron chi connectivity index (χ3n) is 0.418. The summed E-state index contributed by atoms with van der Waals surface area (Å²) in [6.45, 7) is 0. The summed E-state index contributed by atoms with van der Waals surface area (Å²) in [5.41, 5.74) is -0.525. The van der Waals surface area contributed by atoms with Crippen molar-refractivity contribution >= 4 is 0 Å². The minimum Gasteiger partial charge on any atom is -0.243 e. The highest BCUT2D eigenvalue weighted by atomic mass is 16.1. The third kappa shape index (κ3) is 0.783. The van der Waals surface area contributed by atoms with Gasteiger partial charge in [0.2, 0.25) is 0 Å². The largest absolute Gasteiger partial charge is 0.380 e. The fourth-order valence-corrected chi connectivity index (χ4v) is 0.211. The third-order valence-corrected chi connectivity index (χ3v) is 0.418. The van der Waals surface area contributed by atoms with Crippen LogP contribution in [0.5, 0.6) is 0 Å². The first-order valence-electron chi connectivity index (χ1n) is 1.62. The average Bonchev–Trinajstić information content (AvgIpc) is 1.69. The Morgan fingerprint density at radius 3 is 2.86 bits per heavy atom. The monoisotopic (exact) mass is 98.0 g/mol. The first kappa shape index (κ1) is 3.91. The number of H-pyrrole nitrogens is 1. The van der Waals surface area contributed by atoms with Crippen molar-refractivity contribution in [1.29, 1.82) is 0 Å². The Kier molecular flexibility index (Phi) is 0.816. The van der Waals surface area contributed by atoms with Gasteiger partial charge in [-0.1, -0.05) is 5.10 Å². The van der Waals surface area contributed by atoms with Crippen LogP contribution in [0.25, 0.3) is 0 Å². The Hall–Kier alpha value is -1.26. The second-order valence-electron chi connectivity index (χ2n) is 0.877. The van der Waals surface area contributed by atoms with Gasteiger partial charge in [0.15, 0.2) is 6.33 Å². The van der Waals surface area contributed by atoms with Crippen LogP contribution in [0.1, 0.15) is 0 Å². The van der Waals surface area contributed by atoms with Gasteiger partial charge in [-0.2, -0.15) is 5.10 Å². The van der Waals surface area contributed by atoms with Crippen LogP contribution in [-0.4, -0.2) is 20.4 Å². The van der Waals surface area contributed by atoms with E-state index in [0.717, 1.165) is 6.33 Å². The minimum absolute atomic E-state index is 0.525. The van der Waals surface area contributed by atoms with Crippen LogP contribution in [0.3, 0.4) is 0 Å². The lowest BCUT2D eigenvalue weighted by atomic mass is 11.3. The molecule has 1 N–H and O–H groups in total.